The van der Waals surface area contributed by atoms with Crippen LogP contribution in [0.1, 0.15) is 43.7 Å². The quantitative estimate of drug-likeness (QED) is 0.0975. The minimum absolute atomic E-state index is 0.0884. The van der Waals surface area contributed by atoms with E-state index in [0.717, 1.165) is 103 Å². The number of carbonyl (C=O) groups excluding carboxylic acids is 1. The summed E-state index contributed by atoms with van der Waals surface area (Å²) in [5.74, 6) is -0.0884. The SMILES string of the molecule is CCOC(=O)CCCCCN1CCN(Cc2ccc(-c3cnc4c(c3)c(-c3ccc5[nH]ccc5c3)cn4S(=O)(=O)c3ccc(C)cc3)cc2)CC1. The predicted molar refractivity (Wildman–Crippen MR) is 203 cm³/mol. The van der Waals surface area contributed by atoms with Gasteiger partial charge in [0.15, 0.2) is 5.65 Å². The Morgan fingerprint density at radius 1 is 0.843 bits per heavy atom. The van der Waals surface area contributed by atoms with Crippen molar-refractivity contribution in [3.63, 3.8) is 0 Å². The van der Waals surface area contributed by atoms with Crippen molar-refractivity contribution in [2.75, 3.05) is 39.3 Å². The van der Waals surface area contributed by atoms with E-state index in [-0.39, 0.29) is 10.9 Å². The van der Waals surface area contributed by atoms with Crippen LogP contribution in [-0.2, 0) is 26.1 Å². The van der Waals surface area contributed by atoms with Gasteiger partial charge in [0.05, 0.1) is 11.5 Å². The van der Waals surface area contributed by atoms with E-state index < -0.39 is 10.0 Å². The monoisotopic (exact) mass is 703 g/mol. The number of piperazine rings is 1. The summed E-state index contributed by atoms with van der Waals surface area (Å²) in [6.45, 7) is 10.4. The summed E-state index contributed by atoms with van der Waals surface area (Å²) >= 11 is 0. The van der Waals surface area contributed by atoms with E-state index in [9.17, 15) is 13.2 Å². The van der Waals surface area contributed by atoms with Gasteiger partial charge in [-0.25, -0.2) is 17.4 Å². The van der Waals surface area contributed by atoms with Crippen LogP contribution in [-0.4, -0.2) is 77.5 Å². The molecule has 0 aliphatic carbocycles. The normalized spacial score (nSPS) is 14.4. The first-order chi connectivity index (χ1) is 24.8. The van der Waals surface area contributed by atoms with Gasteiger partial charge in [0.1, 0.15) is 0 Å². The Hall–Kier alpha value is -4.77. The first-order valence-electron chi connectivity index (χ1n) is 17.9. The molecule has 7 rings (SSSR count). The highest BCUT2D eigenvalue weighted by Crippen LogP contribution is 2.36. The van der Waals surface area contributed by atoms with Crippen LogP contribution < -0.4 is 0 Å². The van der Waals surface area contributed by atoms with Crippen molar-refractivity contribution >= 4 is 37.9 Å². The first kappa shape index (κ1) is 34.7. The number of hydrogen-bond donors (Lipinski definition) is 1. The molecule has 0 unspecified atom stereocenters. The molecule has 1 aliphatic rings. The van der Waals surface area contributed by atoms with E-state index in [0.29, 0.717) is 18.7 Å². The summed E-state index contributed by atoms with van der Waals surface area (Å²) < 4.78 is 34.3. The Balaban J connectivity index is 1.06. The Morgan fingerprint density at radius 2 is 1.59 bits per heavy atom. The molecule has 0 amide bonds. The number of pyridine rings is 1. The van der Waals surface area contributed by atoms with Crippen molar-refractivity contribution in [3.8, 4) is 22.3 Å². The third-order valence-electron chi connectivity index (χ3n) is 9.87. The number of nitrogens with zero attached hydrogens (tertiary/aromatic N) is 4. The van der Waals surface area contributed by atoms with Crippen molar-refractivity contribution in [3.05, 3.63) is 109 Å². The number of aryl methyl sites for hydroxylation is 1. The summed E-state index contributed by atoms with van der Waals surface area (Å²) in [5, 5.41) is 1.83. The zero-order valence-electron chi connectivity index (χ0n) is 29.3. The molecular weight excluding hydrogens is 659 g/mol. The van der Waals surface area contributed by atoms with E-state index >= 15 is 0 Å². The number of H-pyrrole nitrogens is 1. The Labute approximate surface area is 299 Å². The lowest BCUT2D eigenvalue weighted by Gasteiger charge is -2.34. The molecule has 3 aromatic carbocycles. The number of aromatic nitrogens is 3. The number of rotatable bonds is 13. The van der Waals surface area contributed by atoms with E-state index in [4.69, 9.17) is 9.72 Å². The molecule has 0 bridgehead atoms. The largest absolute Gasteiger partial charge is 0.466 e. The minimum atomic E-state index is -3.89. The Bertz CT molecular complexity index is 2230. The lowest BCUT2D eigenvalue weighted by Crippen LogP contribution is -2.46. The van der Waals surface area contributed by atoms with Crippen LogP contribution in [0, 0.1) is 6.92 Å². The lowest BCUT2D eigenvalue weighted by molar-refractivity contribution is -0.143. The van der Waals surface area contributed by atoms with Crippen LogP contribution in [0.15, 0.2) is 102 Å². The molecule has 4 heterocycles. The van der Waals surface area contributed by atoms with Crippen molar-refractivity contribution in [1.82, 2.24) is 23.7 Å². The van der Waals surface area contributed by atoms with E-state index in [2.05, 4.69) is 51.2 Å². The van der Waals surface area contributed by atoms with Crippen molar-refractivity contribution in [2.24, 2.45) is 0 Å². The predicted octanol–water partition coefficient (Wildman–Crippen LogP) is 7.64. The summed E-state index contributed by atoms with van der Waals surface area (Å²) in [5.41, 5.74) is 7.37. The van der Waals surface area contributed by atoms with Gasteiger partial charge in [-0.1, -0.05) is 54.4 Å². The third-order valence-corrected chi connectivity index (χ3v) is 11.5. The molecule has 0 atom stereocenters. The summed E-state index contributed by atoms with van der Waals surface area (Å²) in [7, 11) is -3.89. The smallest absolute Gasteiger partial charge is 0.305 e. The molecule has 9 nitrogen and oxygen atoms in total. The fourth-order valence-electron chi connectivity index (χ4n) is 6.94. The van der Waals surface area contributed by atoms with Gasteiger partial charge in [-0.2, -0.15) is 0 Å². The highest BCUT2D eigenvalue weighted by Gasteiger charge is 2.24. The molecule has 1 aliphatic heterocycles. The molecule has 6 aromatic rings. The van der Waals surface area contributed by atoms with Crippen LogP contribution in [0.25, 0.3) is 44.2 Å². The fraction of sp³-hybridized carbons (Fsp3) is 0.317. The second kappa shape index (κ2) is 15.2. The van der Waals surface area contributed by atoms with Crippen LogP contribution in [0.3, 0.4) is 0 Å². The number of nitrogens with one attached hydrogen (secondary N) is 1. The maximum absolute atomic E-state index is 14.0. The average molecular weight is 704 g/mol. The number of esters is 1. The Morgan fingerprint density at radius 3 is 2.35 bits per heavy atom. The van der Waals surface area contributed by atoms with Gasteiger partial charge in [-0.05, 0) is 91.7 Å². The lowest BCUT2D eigenvalue weighted by atomic mass is 10.0. The van der Waals surface area contributed by atoms with Crippen LogP contribution in [0.4, 0.5) is 0 Å². The minimum Gasteiger partial charge on any atom is -0.466 e. The van der Waals surface area contributed by atoms with E-state index in [1.54, 1.807) is 24.5 Å². The maximum Gasteiger partial charge on any atom is 0.305 e. The van der Waals surface area contributed by atoms with Gasteiger partial charge in [0, 0.05) is 79.8 Å². The molecule has 1 fully saturated rings. The second-order valence-electron chi connectivity index (χ2n) is 13.5. The number of fused-ring (bicyclic) bond motifs is 2. The number of carbonyl (C=O) groups is 1. The highest BCUT2D eigenvalue weighted by atomic mass is 32.2. The van der Waals surface area contributed by atoms with Gasteiger partial charge >= 0.3 is 5.97 Å². The molecule has 1 saturated heterocycles. The van der Waals surface area contributed by atoms with Crippen molar-refractivity contribution in [1.29, 1.82) is 0 Å². The van der Waals surface area contributed by atoms with Crippen molar-refractivity contribution in [2.45, 2.75) is 51.0 Å². The molecule has 51 heavy (non-hydrogen) atoms. The molecule has 3 aromatic heterocycles. The van der Waals surface area contributed by atoms with Gasteiger partial charge in [0.2, 0.25) is 0 Å². The number of aromatic amines is 1. The van der Waals surface area contributed by atoms with Gasteiger partial charge < -0.3 is 14.6 Å². The van der Waals surface area contributed by atoms with E-state index in [1.807, 2.05) is 50.4 Å². The van der Waals surface area contributed by atoms with Crippen LogP contribution >= 0.6 is 0 Å². The molecule has 0 saturated carbocycles. The Kier molecular flexibility index (Phi) is 10.4. The molecule has 10 heteroatoms. The summed E-state index contributed by atoms with van der Waals surface area (Å²) in [4.78, 5) is 24.8. The van der Waals surface area contributed by atoms with Gasteiger partial charge in [-0.15, -0.1) is 0 Å². The van der Waals surface area contributed by atoms with Crippen molar-refractivity contribution < 1.29 is 17.9 Å². The first-order valence-corrected chi connectivity index (χ1v) is 19.3. The number of benzene rings is 3. The molecule has 0 radical (unpaired) electrons. The topological polar surface area (TPSA) is 101 Å². The zero-order chi connectivity index (χ0) is 35.4. The summed E-state index contributed by atoms with van der Waals surface area (Å²) in [6.07, 6.45) is 8.96. The summed E-state index contributed by atoms with van der Waals surface area (Å²) in [6, 6.07) is 25.8. The zero-order valence-corrected chi connectivity index (χ0v) is 30.2. The average Bonchev–Trinajstić information content (AvgIpc) is 3.78. The molecule has 0 spiro atoms. The third kappa shape index (κ3) is 7.78. The molecule has 264 valence electrons. The molecular formula is C41H45N5O4S. The standard InChI is InChI=1S/C41H45N5O4S/c1-3-50-40(47)7-5-4-6-20-44-21-23-45(24-22-44)28-31-10-12-32(13-11-31)35-26-37-38(33-14-17-39-34(25-33)18-19-42-39)29-46(41(37)43-27-35)51(48,49)36-15-8-30(2)9-16-36/h8-19,25-27,29,42H,3-7,20-24,28H2,1-2H3. The van der Waals surface area contributed by atoms with Gasteiger partial charge in [-0.3, -0.25) is 9.69 Å². The van der Waals surface area contributed by atoms with Gasteiger partial charge in [0.25, 0.3) is 10.0 Å². The molecule has 1 N–H and O–H groups in total. The highest BCUT2D eigenvalue weighted by molar-refractivity contribution is 7.90. The number of hydrogen-bond acceptors (Lipinski definition) is 7. The van der Waals surface area contributed by atoms with E-state index in [1.165, 1.54) is 9.54 Å². The number of unbranched alkanes of at least 4 members (excludes halogenated alkanes) is 2. The fourth-order valence-corrected chi connectivity index (χ4v) is 8.27. The maximum atomic E-state index is 14.0. The van der Waals surface area contributed by atoms with Crippen LogP contribution in [0.2, 0.25) is 0 Å². The number of ether oxygens (including phenoxy) is 1. The van der Waals surface area contributed by atoms with Crippen LogP contribution in [0.5, 0.6) is 0 Å². The second-order valence-corrected chi connectivity index (χ2v) is 15.3.